The third kappa shape index (κ3) is 2.88. The van der Waals surface area contributed by atoms with Gasteiger partial charge in [-0.05, 0) is 13.0 Å². The molecule has 1 aromatic rings. The molecule has 1 saturated heterocycles. The molecule has 100 valence electrons. The molecule has 2 unspecified atom stereocenters. The van der Waals surface area contributed by atoms with Crippen LogP contribution in [0.15, 0.2) is 24.3 Å². The average Bonchev–Trinajstić information content (AvgIpc) is 2.52. The molecule has 6 heteroatoms. The SMILES string of the molecule is C[C@@H](NC1CS(=O)(=O)CC1O)c1ccccc1F. The second kappa shape index (κ2) is 4.95. The summed E-state index contributed by atoms with van der Waals surface area (Å²) in [7, 11) is -3.19. The number of rotatable bonds is 3. The molecule has 0 bridgehead atoms. The van der Waals surface area contributed by atoms with Gasteiger partial charge in [0.1, 0.15) is 5.82 Å². The lowest BCUT2D eigenvalue weighted by Crippen LogP contribution is -2.40. The topological polar surface area (TPSA) is 66.4 Å². The molecule has 4 nitrogen and oxygen atoms in total. The summed E-state index contributed by atoms with van der Waals surface area (Å²) < 4.78 is 36.3. The summed E-state index contributed by atoms with van der Waals surface area (Å²) in [5.74, 6) is -0.672. The molecule has 0 radical (unpaired) electrons. The lowest BCUT2D eigenvalue weighted by Gasteiger charge is -2.21. The number of hydrogen-bond donors (Lipinski definition) is 2. The zero-order chi connectivity index (χ0) is 13.3. The Balaban J connectivity index is 2.09. The predicted octanol–water partition coefficient (Wildman–Crippen LogP) is 0.634. The van der Waals surface area contributed by atoms with E-state index in [1.807, 2.05) is 0 Å². The Morgan fingerprint density at radius 3 is 2.61 bits per heavy atom. The predicted molar refractivity (Wildman–Crippen MR) is 66.4 cm³/mol. The molecule has 1 aliphatic heterocycles. The van der Waals surface area contributed by atoms with Crippen molar-refractivity contribution in [2.24, 2.45) is 0 Å². The van der Waals surface area contributed by atoms with Gasteiger partial charge in [0.25, 0.3) is 0 Å². The van der Waals surface area contributed by atoms with E-state index in [9.17, 15) is 17.9 Å². The Hall–Kier alpha value is -0.980. The minimum absolute atomic E-state index is 0.104. The highest BCUT2D eigenvalue weighted by molar-refractivity contribution is 7.91. The highest BCUT2D eigenvalue weighted by Crippen LogP contribution is 2.20. The third-order valence-corrected chi connectivity index (χ3v) is 4.87. The standard InChI is InChI=1S/C12H16FNO3S/c1-8(9-4-2-3-5-10(9)13)14-11-6-18(16,17)7-12(11)15/h2-5,8,11-12,14-15H,6-7H2,1H3/t8-,11?,12?/m1/s1. The van der Waals surface area contributed by atoms with Crippen LogP contribution in [0.4, 0.5) is 4.39 Å². The molecule has 1 fully saturated rings. The molecule has 1 aromatic carbocycles. The molecule has 0 aliphatic carbocycles. The zero-order valence-electron chi connectivity index (χ0n) is 10.0. The second-order valence-corrected chi connectivity index (χ2v) is 6.81. The van der Waals surface area contributed by atoms with Gasteiger partial charge in [-0.2, -0.15) is 0 Å². The Kier molecular flexibility index (Phi) is 3.70. The van der Waals surface area contributed by atoms with E-state index in [-0.39, 0.29) is 23.4 Å². The minimum atomic E-state index is -3.19. The summed E-state index contributed by atoms with van der Waals surface area (Å²) in [6, 6.07) is 5.43. The van der Waals surface area contributed by atoms with Gasteiger partial charge in [-0.1, -0.05) is 18.2 Å². The molecular formula is C12H16FNO3S. The fraction of sp³-hybridized carbons (Fsp3) is 0.500. The summed E-state index contributed by atoms with van der Waals surface area (Å²) in [6.07, 6.45) is -0.927. The Morgan fingerprint density at radius 1 is 1.39 bits per heavy atom. The van der Waals surface area contributed by atoms with E-state index in [4.69, 9.17) is 0 Å². The van der Waals surface area contributed by atoms with Crippen LogP contribution >= 0.6 is 0 Å². The van der Waals surface area contributed by atoms with Gasteiger partial charge >= 0.3 is 0 Å². The van der Waals surface area contributed by atoms with Crippen molar-refractivity contribution in [3.8, 4) is 0 Å². The van der Waals surface area contributed by atoms with Crippen molar-refractivity contribution in [2.45, 2.75) is 25.1 Å². The monoisotopic (exact) mass is 273 g/mol. The number of aliphatic hydroxyl groups is 1. The van der Waals surface area contributed by atoms with Crippen LogP contribution in [0, 0.1) is 5.82 Å². The van der Waals surface area contributed by atoms with Gasteiger partial charge in [-0.15, -0.1) is 0 Å². The largest absolute Gasteiger partial charge is 0.390 e. The van der Waals surface area contributed by atoms with Gasteiger partial charge in [0.2, 0.25) is 0 Å². The van der Waals surface area contributed by atoms with Crippen LogP contribution < -0.4 is 5.32 Å². The number of halogens is 1. The van der Waals surface area contributed by atoms with Gasteiger partial charge in [0.05, 0.1) is 17.6 Å². The number of benzene rings is 1. The Bertz CT molecular complexity index is 532. The van der Waals surface area contributed by atoms with Crippen LogP contribution in [0.5, 0.6) is 0 Å². The highest BCUT2D eigenvalue weighted by Gasteiger charge is 2.37. The lowest BCUT2D eigenvalue weighted by molar-refractivity contribution is 0.160. The van der Waals surface area contributed by atoms with Gasteiger partial charge in [0.15, 0.2) is 9.84 Å². The van der Waals surface area contributed by atoms with E-state index in [0.29, 0.717) is 5.56 Å². The minimum Gasteiger partial charge on any atom is -0.390 e. The summed E-state index contributed by atoms with van der Waals surface area (Å²) in [4.78, 5) is 0. The molecule has 3 atom stereocenters. The fourth-order valence-electron chi connectivity index (χ4n) is 2.23. The van der Waals surface area contributed by atoms with Crippen molar-refractivity contribution in [2.75, 3.05) is 11.5 Å². The quantitative estimate of drug-likeness (QED) is 0.848. The molecule has 18 heavy (non-hydrogen) atoms. The van der Waals surface area contributed by atoms with Gasteiger partial charge < -0.3 is 10.4 Å². The molecule has 0 amide bonds. The summed E-state index contributed by atoms with van der Waals surface area (Å²) >= 11 is 0. The fourth-order valence-corrected chi connectivity index (χ4v) is 3.98. The van der Waals surface area contributed by atoms with E-state index in [1.54, 1.807) is 25.1 Å². The van der Waals surface area contributed by atoms with Crippen molar-refractivity contribution in [1.82, 2.24) is 5.32 Å². The first-order valence-corrected chi connectivity index (χ1v) is 7.60. The molecule has 1 aliphatic rings. The van der Waals surface area contributed by atoms with Crippen LogP contribution in [-0.2, 0) is 9.84 Å². The number of sulfone groups is 1. The van der Waals surface area contributed by atoms with Crippen molar-refractivity contribution < 1.29 is 17.9 Å². The summed E-state index contributed by atoms with van der Waals surface area (Å²) in [5, 5.41) is 12.6. The first kappa shape index (κ1) is 13.5. The molecule has 0 saturated carbocycles. The molecule has 1 heterocycles. The number of aliphatic hydroxyl groups excluding tert-OH is 1. The van der Waals surface area contributed by atoms with E-state index in [2.05, 4.69) is 5.32 Å². The molecule has 0 aromatic heterocycles. The summed E-state index contributed by atoms with van der Waals surface area (Å²) in [6.45, 7) is 1.75. The lowest BCUT2D eigenvalue weighted by atomic mass is 10.1. The number of nitrogens with one attached hydrogen (secondary N) is 1. The van der Waals surface area contributed by atoms with Gasteiger partial charge in [-0.25, -0.2) is 12.8 Å². The normalized spacial score (nSPS) is 28.2. The van der Waals surface area contributed by atoms with Crippen LogP contribution in [0.2, 0.25) is 0 Å². The smallest absolute Gasteiger partial charge is 0.154 e. The Morgan fingerprint density at radius 2 is 2.06 bits per heavy atom. The van der Waals surface area contributed by atoms with Crippen molar-refractivity contribution in [3.63, 3.8) is 0 Å². The molecular weight excluding hydrogens is 257 g/mol. The highest BCUT2D eigenvalue weighted by atomic mass is 32.2. The maximum absolute atomic E-state index is 13.5. The van der Waals surface area contributed by atoms with Crippen molar-refractivity contribution in [1.29, 1.82) is 0 Å². The second-order valence-electron chi connectivity index (χ2n) is 4.66. The van der Waals surface area contributed by atoms with Crippen LogP contribution in [-0.4, -0.2) is 37.2 Å². The Labute approximate surface area is 106 Å². The average molecular weight is 273 g/mol. The maximum Gasteiger partial charge on any atom is 0.154 e. The number of hydrogen-bond acceptors (Lipinski definition) is 4. The summed E-state index contributed by atoms with van der Waals surface area (Å²) in [5.41, 5.74) is 0.467. The molecule has 2 rings (SSSR count). The van der Waals surface area contributed by atoms with Crippen molar-refractivity contribution >= 4 is 9.84 Å². The van der Waals surface area contributed by atoms with E-state index in [1.165, 1.54) is 6.07 Å². The first-order valence-electron chi connectivity index (χ1n) is 5.78. The third-order valence-electron chi connectivity index (χ3n) is 3.16. The van der Waals surface area contributed by atoms with Crippen LogP contribution in [0.3, 0.4) is 0 Å². The van der Waals surface area contributed by atoms with E-state index in [0.717, 1.165) is 0 Å². The van der Waals surface area contributed by atoms with Gasteiger partial charge in [-0.3, -0.25) is 0 Å². The van der Waals surface area contributed by atoms with E-state index < -0.39 is 22.0 Å². The first-order chi connectivity index (χ1) is 8.39. The molecule has 2 N–H and O–H groups in total. The van der Waals surface area contributed by atoms with Gasteiger partial charge in [0, 0.05) is 17.6 Å². The maximum atomic E-state index is 13.5. The molecule has 0 spiro atoms. The van der Waals surface area contributed by atoms with E-state index >= 15 is 0 Å². The van der Waals surface area contributed by atoms with Crippen LogP contribution in [0.1, 0.15) is 18.5 Å². The zero-order valence-corrected chi connectivity index (χ0v) is 10.8. The van der Waals surface area contributed by atoms with Crippen molar-refractivity contribution in [3.05, 3.63) is 35.6 Å². The van der Waals surface area contributed by atoms with Crippen LogP contribution in [0.25, 0.3) is 0 Å².